The van der Waals surface area contributed by atoms with Crippen LogP contribution < -0.4 is 5.32 Å². The lowest BCUT2D eigenvalue weighted by atomic mass is 10.1. The molecule has 0 radical (unpaired) electrons. The largest absolute Gasteiger partial charge is 0.447 e. The molecule has 7 nitrogen and oxygen atoms in total. The minimum absolute atomic E-state index is 0.0675. The van der Waals surface area contributed by atoms with Crippen molar-refractivity contribution in [2.75, 3.05) is 0 Å². The molecule has 0 spiro atoms. The van der Waals surface area contributed by atoms with E-state index in [2.05, 4.69) is 53.4 Å². The van der Waals surface area contributed by atoms with Gasteiger partial charge in [0.05, 0.1) is 5.75 Å². The van der Waals surface area contributed by atoms with Crippen molar-refractivity contribution < 1.29 is 9.21 Å². The van der Waals surface area contributed by atoms with E-state index in [1.165, 1.54) is 23.6 Å². The number of aromatic nitrogens is 4. The highest BCUT2D eigenvalue weighted by molar-refractivity contribution is 7.98. The molecule has 3 rings (SSSR count). The third-order valence-corrected chi connectivity index (χ3v) is 5.44. The first kappa shape index (κ1) is 20.1. The molecule has 0 aliphatic rings. The number of nitrogens with zero attached hydrogens (tertiary/aromatic N) is 4. The van der Waals surface area contributed by atoms with Crippen LogP contribution in [0.25, 0.3) is 5.69 Å². The molecule has 0 bridgehead atoms. The van der Waals surface area contributed by atoms with E-state index in [0.717, 1.165) is 16.7 Å². The Kier molecular flexibility index (Phi) is 6.18. The van der Waals surface area contributed by atoms with Crippen LogP contribution in [0.1, 0.15) is 48.5 Å². The van der Waals surface area contributed by atoms with Gasteiger partial charge < -0.3 is 9.73 Å². The van der Waals surface area contributed by atoms with Gasteiger partial charge in [-0.15, -0.1) is 10.2 Å². The fourth-order valence-electron chi connectivity index (χ4n) is 2.56. The molecule has 2 heterocycles. The quantitative estimate of drug-likeness (QED) is 0.606. The second kappa shape index (κ2) is 8.60. The number of amides is 1. The number of carbonyl (C=O) groups excluding carboxylic acids is 1. The first-order valence-corrected chi connectivity index (χ1v) is 10.2. The van der Waals surface area contributed by atoms with E-state index in [4.69, 9.17) is 4.42 Å². The fraction of sp³-hybridized carbons (Fsp3) is 0.400. The molecule has 3 aromatic rings. The molecule has 0 saturated carbocycles. The number of rotatable bonds is 7. The van der Waals surface area contributed by atoms with Crippen molar-refractivity contribution in [3.8, 4) is 5.69 Å². The first-order chi connectivity index (χ1) is 13.3. The Hall–Kier alpha value is -2.61. The third-order valence-electron chi connectivity index (χ3n) is 4.52. The number of thioether (sulfide) groups is 1. The van der Waals surface area contributed by atoms with Crippen molar-refractivity contribution in [3.05, 3.63) is 53.5 Å². The van der Waals surface area contributed by atoms with Crippen molar-refractivity contribution in [2.24, 2.45) is 5.92 Å². The average Bonchev–Trinajstić information content (AvgIpc) is 3.26. The molecule has 2 aromatic heterocycles. The highest BCUT2D eigenvalue weighted by Crippen LogP contribution is 2.25. The second-order valence-corrected chi connectivity index (χ2v) is 8.07. The molecule has 1 amide bonds. The average molecular weight is 400 g/mol. The molecule has 0 aliphatic heterocycles. The lowest BCUT2D eigenvalue weighted by Gasteiger charge is -2.16. The number of benzene rings is 1. The van der Waals surface area contributed by atoms with Gasteiger partial charge in [0, 0.05) is 11.7 Å². The van der Waals surface area contributed by atoms with Crippen molar-refractivity contribution in [2.45, 2.75) is 51.6 Å². The summed E-state index contributed by atoms with van der Waals surface area (Å²) < 4.78 is 7.47. The van der Waals surface area contributed by atoms with Gasteiger partial charge in [-0.25, -0.2) is 4.98 Å². The van der Waals surface area contributed by atoms with E-state index in [-0.39, 0.29) is 11.9 Å². The highest BCUT2D eigenvalue weighted by Gasteiger charge is 2.18. The van der Waals surface area contributed by atoms with Crippen LogP contribution in [-0.4, -0.2) is 31.7 Å². The summed E-state index contributed by atoms with van der Waals surface area (Å²) in [6.45, 7) is 10.1. The standard InChI is InChI=1S/C20H25N5O2S/c1-12(2)14(4)21-19(26)17-10-27-18(22-17)11-28-20-24-23-15(5)25(20)16-8-6-7-13(3)9-16/h6-10,12,14H,11H2,1-5H3,(H,21,26). The molecule has 28 heavy (non-hydrogen) atoms. The molecular weight excluding hydrogens is 374 g/mol. The molecule has 1 aromatic carbocycles. The summed E-state index contributed by atoms with van der Waals surface area (Å²) in [5, 5.41) is 12.1. The number of hydrogen-bond donors (Lipinski definition) is 1. The van der Waals surface area contributed by atoms with Crippen molar-refractivity contribution in [3.63, 3.8) is 0 Å². The molecule has 0 aliphatic carbocycles. The van der Waals surface area contributed by atoms with Crippen LogP contribution in [0.5, 0.6) is 0 Å². The van der Waals surface area contributed by atoms with Gasteiger partial charge in [-0.05, 0) is 44.4 Å². The topological polar surface area (TPSA) is 85.8 Å². The van der Waals surface area contributed by atoms with Gasteiger partial charge in [0.2, 0.25) is 5.89 Å². The summed E-state index contributed by atoms with van der Waals surface area (Å²) >= 11 is 1.47. The second-order valence-electron chi connectivity index (χ2n) is 7.13. The van der Waals surface area contributed by atoms with Gasteiger partial charge in [-0.2, -0.15) is 0 Å². The van der Waals surface area contributed by atoms with Crippen LogP contribution in [0, 0.1) is 19.8 Å². The van der Waals surface area contributed by atoms with Crippen LogP contribution in [0.2, 0.25) is 0 Å². The number of oxazole rings is 1. The predicted octanol–water partition coefficient (Wildman–Crippen LogP) is 3.94. The van der Waals surface area contributed by atoms with Gasteiger partial charge in [-0.3, -0.25) is 9.36 Å². The third kappa shape index (κ3) is 4.62. The maximum Gasteiger partial charge on any atom is 0.273 e. The first-order valence-electron chi connectivity index (χ1n) is 9.22. The summed E-state index contributed by atoms with van der Waals surface area (Å²) in [5.41, 5.74) is 2.47. The normalized spacial score (nSPS) is 12.4. The number of nitrogens with one attached hydrogen (secondary N) is 1. The molecule has 8 heteroatoms. The zero-order chi connectivity index (χ0) is 20.3. The maximum atomic E-state index is 12.3. The van der Waals surface area contributed by atoms with Gasteiger partial charge in [0.25, 0.3) is 5.91 Å². The van der Waals surface area contributed by atoms with Crippen LogP contribution >= 0.6 is 11.8 Å². The monoisotopic (exact) mass is 399 g/mol. The van der Waals surface area contributed by atoms with Crippen LogP contribution in [0.3, 0.4) is 0 Å². The minimum Gasteiger partial charge on any atom is -0.447 e. The Morgan fingerprint density at radius 1 is 1.25 bits per heavy atom. The number of carbonyl (C=O) groups is 1. The maximum absolute atomic E-state index is 12.3. The Morgan fingerprint density at radius 3 is 2.75 bits per heavy atom. The molecule has 1 N–H and O–H groups in total. The van der Waals surface area contributed by atoms with Gasteiger partial charge in [-0.1, -0.05) is 37.7 Å². The SMILES string of the molecule is Cc1cccc(-n2c(C)nnc2SCc2nc(C(=O)NC(C)C(C)C)co2)c1. The van der Waals surface area contributed by atoms with Crippen molar-refractivity contribution in [1.29, 1.82) is 0 Å². The zero-order valence-corrected chi connectivity index (χ0v) is 17.6. The Bertz CT molecular complexity index is 963. The summed E-state index contributed by atoms with van der Waals surface area (Å²) in [7, 11) is 0. The number of aryl methyl sites for hydroxylation is 2. The van der Waals surface area contributed by atoms with Gasteiger partial charge in [0.1, 0.15) is 12.1 Å². The number of hydrogen-bond acceptors (Lipinski definition) is 6. The van der Waals surface area contributed by atoms with E-state index in [1.54, 1.807) is 0 Å². The molecule has 1 atom stereocenters. The van der Waals surface area contributed by atoms with E-state index in [1.807, 2.05) is 30.5 Å². The van der Waals surface area contributed by atoms with Crippen LogP contribution in [-0.2, 0) is 5.75 Å². The molecule has 148 valence electrons. The van der Waals surface area contributed by atoms with Gasteiger partial charge >= 0.3 is 0 Å². The lowest BCUT2D eigenvalue weighted by molar-refractivity contribution is 0.0925. The van der Waals surface area contributed by atoms with E-state index in [9.17, 15) is 4.79 Å². The summed E-state index contributed by atoms with van der Waals surface area (Å²) in [5.74, 6) is 1.87. The lowest BCUT2D eigenvalue weighted by Crippen LogP contribution is -2.36. The Labute approximate surface area is 169 Å². The Balaban J connectivity index is 1.69. The van der Waals surface area contributed by atoms with E-state index < -0.39 is 0 Å². The highest BCUT2D eigenvalue weighted by atomic mass is 32.2. The summed E-state index contributed by atoms with van der Waals surface area (Å²) in [4.78, 5) is 16.6. The van der Waals surface area contributed by atoms with Crippen LogP contribution in [0.15, 0.2) is 40.1 Å². The molecule has 0 fully saturated rings. The van der Waals surface area contributed by atoms with Crippen LogP contribution in [0.4, 0.5) is 0 Å². The minimum atomic E-state index is -0.222. The summed E-state index contributed by atoms with van der Waals surface area (Å²) in [6, 6.07) is 8.24. The van der Waals surface area contributed by atoms with Crippen molar-refractivity contribution >= 4 is 17.7 Å². The van der Waals surface area contributed by atoms with E-state index >= 15 is 0 Å². The molecule has 0 saturated heterocycles. The molecule has 1 unspecified atom stereocenters. The Morgan fingerprint density at radius 2 is 2.04 bits per heavy atom. The van der Waals surface area contributed by atoms with Crippen molar-refractivity contribution in [1.82, 2.24) is 25.1 Å². The van der Waals surface area contributed by atoms with E-state index in [0.29, 0.717) is 23.3 Å². The summed E-state index contributed by atoms with van der Waals surface area (Å²) in [6.07, 6.45) is 1.40. The molecular formula is C20H25N5O2S. The smallest absolute Gasteiger partial charge is 0.273 e. The van der Waals surface area contributed by atoms with Gasteiger partial charge in [0.15, 0.2) is 10.9 Å². The predicted molar refractivity (Wildman–Crippen MR) is 109 cm³/mol. The fourth-order valence-corrected chi connectivity index (χ4v) is 3.41. The zero-order valence-electron chi connectivity index (χ0n) is 16.8.